The summed E-state index contributed by atoms with van der Waals surface area (Å²) < 4.78 is 0. The number of hydrogen-bond donors (Lipinski definition) is 2. The largest absolute Gasteiger partial charge is 0.366 e. The van der Waals surface area contributed by atoms with Crippen LogP contribution in [-0.2, 0) is 4.79 Å². The SMILES string of the molecule is NC(=O)c1ccccc1NC(=O)CSc1ccc([N+](=O)[O-])cc1. The number of nitrogens with two attached hydrogens (primary N) is 1. The van der Waals surface area contributed by atoms with E-state index < -0.39 is 10.8 Å². The first-order chi connectivity index (χ1) is 11.0. The van der Waals surface area contributed by atoms with Crippen LogP contribution in [0.1, 0.15) is 10.4 Å². The van der Waals surface area contributed by atoms with E-state index >= 15 is 0 Å². The lowest BCUT2D eigenvalue weighted by molar-refractivity contribution is -0.384. The monoisotopic (exact) mass is 331 g/mol. The van der Waals surface area contributed by atoms with Crippen molar-refractivity contribution in [1.82, 2.24) is 0 Å². The van der Waals surface area contributed by atoms with Gasteiger partial charge in [0.05, 0.1) is 21.9 Å². The third kappa shape index (κ3) is 4.55. The van der Waals surface area contributed by atoms with Crippen LogP contribution in [0.15, 0.2) is 53.4 Å². The summed E-state index contributed by atoms with van der Waals surface area (Å²) in [7, 11) is 0. The molecule has 8 heteroatoms. The van der Waals surface area contributed by atoms with E-state index in [1.807, 2.05) is 0 Å². The first-order valence-corrected chi connectivity index (χ1v) is 7.52. The molecule has 3 N–H and O–H groups in total. The molecule has 7 nitrogen and oxygen atoms in total. The Morgan fingerprint density at radius 1 is 1.13 bits per heavy atom. The number of amides is 2. The molecule has 0 aliphatic carbocycles. The molecular weight excluding hydrogens is 318 g/mol. The summed E-state index contributed by atoms with van der Waals surface area (Å²) in [5.74, 6) is -0.823. The second-order valence-electron chi connectivity index (χ2n) is 4.50. The van der Waals surface area contributed by atoms with Gasteiger partial charge < -0.3 is 11.1 Å². The zero-order valence-corrected chi connectivity index (χ0v) is 12.7. The molecule has 0 unspecified atom stereocenters. The van der Waals surface area contributed by atoms with Crippen molar-refractivity contribution >= 4 is 35.0 Å². The number of rotatable bonds is 6. The van der Waals surface area contributed by atoms with Crippen molar-refractivity contribution in [1.29, 1.82) is 0 Å². The first kappa shape index (κ1) is 16.5. The number of nitro groups is 1. The fraction of sp³-hybridized carbons (Fsp3) is 0.0667. The molecule has 0 radical (unpaired) electrons. The van der Waals surface area contributed by atoms with Crippen molar-refractivity contribution in [3.05, 3.63) is 64.2 Å². The molecule has 23 heavy (non-hydrogen) atoms. The van der Waals surface area contributed by atoms with Crippen LogP contribution in [0.25, 0.3) is 0 Å². The lowest BCUT2D eigenvalue weighted by atomic mass is 10.1. The second kappa shape index (κ2) is 7.41. The van der Waals surface area contributed by atoms with E-state index in [-0.39, 0.29) is 22.9 Å². The van der Waals surface area contributed by atoms with Gasteiger partial charge in [-0.25, -0.2) is 0 Å². The lowest BCUT2D eigenvalue weighted by Gasteiger charge is -2.08. The predicted octanol–water partition coefficient (Wildman–Crippen LogP) is 2.42. The Morgan fingerprint density at radius 3 is 2.39 bits per heavy atom. The van der Waals surface area contributed by atoms with Crippen molar-refractivity contribution in [2.75, 3.05) is 11.1 Å². The highest BCUT2D eigenvalue weighted by atomic mass is 32.2. The molecule has 0 bridgehead atoms. The first-order valence-electron chi connectivity index (χ1n) is 6.53. The molecule has 0 spiro atoms. The zero-order valence-electron chi connectivity index (χ0n) is 11.9. The molecule has 0 atom stereocenters. The molecule has 0 heterocycles. The topological polar surface area (TPSA) is 115 Å². The highest BCUT2D eigenvalue weighted by Gasteiger charge is 2.11. The van der Waals surface area contributed by atoms with Gasteiger partial charge in [-0.1, -0.05) is 12.1 Å². The Morgan fingerprint density at radius 2 is 1.78 bits per heavy atom. The highest BCUT2D eigenvalue weighted by molar-refractivity contribution is 8.00. The molecular formula is C15H13N3O4S. The third-order valence-corrected chi connectivity index (χ3v) is 3.90. The smallest absolute Gasteiger partial charge is 0.269 e. The number of nitro benzene ring substituents is 1. The van der Waals surface area contributed by atoms with E-state index in [0.717, 1.165) is 4.90 Å². The Balaban J connectivity index is 1.95. The van der Waals surface area contributed by atoms with E-state index in [4.69, 9.17) is 5.73 Å². The molecule has 0 aliphatic rings. The zero-order chi connectivity index (χ0) is 16.8. The number of thioether (sulfide) groups is 1. The number of hydrogen-bond acceptors (Lipinski definition) is 5. The summed E-state index contributed by atoms with van der Waals surface area (Å²) in [5, 5.41) is 13.2. The summed E-state index contributed by atoms with van der Waals surface area (Å²) in [4.78, 5) is 34.0. The van der Waals surface area contributed by atoms with Crippen molar-refractivity contribution in [3.8, 4) is 0 Å². The van der Waals surface area contributed by atoms with Crippen LogP contribution in [0.4, 0.5) is 11.4 Å². The minimum Gasteiger partial charge on any atom is -0.366 e. The fourth-order valence-electron chi connectivity index (χ4n) is 1.81. The normalized spacial score (nSPS) is 10.1. The summed E-state index contributed by atoms with van der Waals surface area (Å²) in [6.07, 6.45) is 0. The van der Waals surface area contributed by atoms with Crippen LogP contribution in [0, 0.1) is 10.1 Å². The number of benzene rings is 2. The fourth-order valence-corrected chi connectivity index (χ4v) is 2.50. The van der Waals surface area contributed by atoms with E-state index in [0.29, 0.717) is 5.69 Å². The summed E-state index contributed by atoms with van der Waals surface area (Å²) in [5.41, 5.74) is 5.83. The molecule has 2 rings (SSSR count). The Hall–Kier alpha value is -2.87. The van der Waals surface area contributed by atoms with E-state index in [9.17, 15) is 19.7 Å². The number of non-ortho nitro benzene ring substituents is 1. The number of nitrogens with one attached hydrogen (secondary N) is 1. The molecule has 0 aromatic heterocycles. The number of anilines is 1. The van der Waals surface area contributed by atoms with Crippen LogP contribution >= 0.6 is 11.8 Å². The molecule has 0 saturated carbocycles. The number of nitrogens with zero attached hydrogens (tertiary/aromatic N) is 1. The number of primary amides is 1. The maximum Gasteiger partial charge on any atom is 0.269 e. The minimum absolute atomic E-state index is 0.00538. The van der Waals surface area contributed by atoms with Gasteiger partial charge in [0.15, 0.2) is 0 Å². The molecule has 0 aliphatic heterocycles. The van der Waals surface area contributed by atoms with Gasteiger partial charge in [0.2, 0.25) is 5.91 Å². The second-order valence-corrected chi connectivity index (χ2v) is 5.55. The van der Waals surface area contributed by atoms with Crippen LogP contribution < -0.4 is 11.1 Å². The quantitative estimate of drug-likeness (QED) is 0.479. The van der Waals surface area contributed by atoms with Gasteiger partial charge in [-0.2, -0.15) is 0 Å². The van der Waals surface area contributed by atoms with Crippen molar-refractivity contribution in [3.63, 3.8) is 0 Å². The van der Waals surface area contributed by atoms with Gasteiger partial charge in [-0.05, 0) is 24.3 Å². The number of carbonyl (C=O) groups is 2. The maximum absolute atomic E-state index is 11.9. The van der Waals surface area contributed by atoms with Gasteiger partial charge in [0.1, 0.15) is 0 Å². The molecule has 2 aromatic carbocycles. The van der Waals surface area contributed by atoms with E-state index in [1.165, 1.54) is 30.0 Å². The Labute approximate surface area is 136 Å². The van der Waals surface area contributed by atoms with Gasteiger partial charge >= 0.3 is 0 Å². The summed E-state index contributed by atoms with van der Waals surface area (Å²) in [6.45, 7) is 0. The van der Waals surface area contributed by atoms with Gasteiger partial charge in [-0.3, -0.25) is 19.7 Å². The van der Waals surface area contributed by atoms with Crippen LogP contribution in [0.2, 0.25) is 0 Å². The van der Waals surface area contributed by atoms with Gasteiger partial charge in [-0.15, -0.1) is 11.8 Å². The molecule has 118 valence electrons. The predicted molar refractivity (Wildman–Crippen MR) is 87.4 cm³/mol. The van der Waals surface area contributed by atoms with E-state index in [1.54, 1.807) is 30.3 Å². The average molecular weight is 331 g/mol. The summed E-state index contributed by atoms with van der Waals surface area (Å²) in [6, 6.07) is 12.4. The highest BCUT2D eigenvalue weighted by Crippen LogP contribution is 2.22. The molecule has 2 amide bonds. The maximum atomic E-state index is 11.9. The van der Waals surface area contributed by atoms with Gasteiger partial charge in [0.25, 0.3) is 11.6 Å². The summed E-state index contributed by atoms with van der Waals surface area (Å²) >= 11 is 1.23. The number of carbonyl (C=O) groups excluding carboxylic acids is 2. The van der Waals surface area contributed by atoms with Crippen molar-refractivity contribution in [2.24, 2.45) is 5.73 Å². The molecule has 0 fully saturated rings. The Kier molecular flexibility index (Phi) is 5.32. The Bertz CT molecular complexity index is 747. The van der Waals surface area contributed by atoms with Crippen LogP contribution in [0.5, 0.6) is 0 Å². The minimum atomic E-state index is -0.621. The van der Waals surface area contributed by atoms with Gasteiger partial charge in [0, 0.05) is 17.0 Å². The lowest BCUT2D eigenvalue weighted by Crippen LogP contribution is -2.19. The third-order valence-electron chi connectivity index (χ3n) is 2.88. The van der Waals surface area contributed by atoms with E-state index in [2.05, 4.69) is 5.32 Å². The number of para-hydroxylation sites is 1. The van der Waals surface area contributed by atoms with Crippen LogP contribution in [-0.4, -0.2) is 22.5 Å². The molecule has 2 aromatic rings. The van der Waals surface area contributed by atoms with Crippen molar-refractivity contribution in [2.45, 2.75) is 4.90 Å². The average Bonchev–Trinajstić information content (AvgIpc) is 2.53. The standard InChI is InChI=1S/C15H13N3O4S/c16-15(20)12-3-1-2-4-13(12)17-14(19)9-23-11-7-5-10(6-8-11)18(21)22/h1-8H,9H2,(H2,16,20)(H,17,19). The molecule has 0 saturated heterocycles. The van der Waals surface area contributed by atoms with Crippen LogP contribution in [0.3, 0.4) is 0 Å². The van der Waals surface area contributed by atoms with Crippen molar-refractivity contribution < 1.29 is 14.5 Å².